The summed E-state index contributed by atoms with van der Waals surface area (Å²) in [4.78, 5) is 11.1. The van der Waals surface area contributed by atoms with E-state index in [1.807, 2.05) is 56.3 Å². The molecule has 1 heterocycles. The number of nitrogens with zero attached hydrogens (tertiary/aromatic N) is 2. The molecule has 0 bridgehead atoms. The van der Waals surface area contributed by atoms with Crippen molar-refractivity contribution < 1.29 is 5.11 Å². The van der Waals surface area contributed by atoms with Gasteiger partial charge in [-0.2, -0.15) is 0 Å². The third-order valence-electron chi connectivity index (χ3n) is 3.84. The van der Waals surface area contributed by atoms with Crippen molar-refractivity contribution >= 4 is 16.6 Å². The Bertz CT molecular complexity index is 820. The highest BCUT2D eigenvalue weighted by atomic mass is 16.3. The van der Waals surface area contributed by atoms with Crippen LogP contribution in [0.5, 0.6) is 5.88 Å². The van der Waals surface area contributed by atoms with Crippen LogP contribution in [-0.4, -0.2) is 9.67 Å². The average molecular weight is 280 g/mol. The monoisotopic (exact) mass is 280 g/mol. The fourth-order valence-electron chi connectivity index (χ4n) is 2.79. The van der Waals surface area contributed by atoms with E-state index in [1.165, 1.54) is 0 Å². The minimum absolute atomic E-state index is 0.0683. The van der Waals surface area contributed by atoms with Gasteiger partial charge in [0.15, 0.2) is 5.69 Å². The van der Waals surface area contributed by atoms with Gasteiger partial charge in [-0.3, -0.25) is 0 Å². The van der Waals surface area contributed by atoms with Gasteiger partial charge in [0.05, 0.1) is 12.1 Å². The number of hydrogen-bond acceptors (Lipinski definition) is 3. The molecule has 0 unspecified atom stereocenters. The Balaban J connectivity index is 2.30. The molecule has 0 aliphatic heterocycles. The molecule has 21 heavy (non-hydrogen) atoms. The number of benzene rings is 2. The number of rotatable bonds is 3. The average Bonchev–Trinajstić information content (AvgIpc) is 2.78. The van der Waals surface area contributed by atoms with Crippen molar-refractivity contribution in [2.45, 2.75) is 20.4 Å². The molecule has 4 nitrogen and oxygen atoms in total. The lowest BCUT2D eigenvalue weighted by Gasteiger charge is -2.09. The van der Waals surface area contributed by atoms with E-state index in [0.717, 1.165) is 27.6 Å². The van der Waals surface area contributed by atoms with Crippen LogP contribution in [0.4, 0.5) is 5.69 Å². The fraction of sp³-hybridized carbons (Fsp3) is 0.176. The summed E-state index contributed by atoms with van der Waals surface area (Å²) in [6.07, 6.45) is 0. The van der Waals surface area contributed by atoms with Crippen LogP contribution in [0.25, 0.3) is 10.9 Å². The second kappa shape index (κ2) is 5.05. The predicted octanol–water partition coefficient (Wildman–Crippen LogP) is 4.41. The molecule has 1 N–H and O–H groups in total. The van der Waals surface area contributed by atoms with Crippen LogP contribution >= 0.6 is 0 Å². The Hall–Kier alpha value is -2.62. The van der Waals surface area contributed by atoms with Crippen LogP contribution in [0.15, 0.2) is 47.6 Å². The molecule has 3 rings (SSSR count). The second-order valence-electron chi connectivity index (χ2n) is 5.26. The summed E-state index contributed by atoms with van der Waals surface area (Å²) < 4.78 is 1.75. The van der Waals surface area contributed by atoms with Crippen LogP contribution in [0.2, 0.25) is 0 Å². The molecule has 0 saturated heterocycles. The van der Waals surface area contributed by atoms with Crippen molar-refractivity contribution in [3.8, 4) is 5.88 Å². The smallest absolute Gasteiger partial charge is 0.222 e. The van der Waals surface area contributed by atoms with Gasteiger partial charge in [0, 0.05) is 5.39 Å². The van der Waals surface area contributed by atoms with Crippen LogP contribution in [0.1, 0.15) is 16.7 Å². The number of fused-ring (bicyclic) bond motifs is 1. The highest BCUT2D eigenvalue weighted by molar-refractivity contribution is 5.99. The van der Waals surface area contributed by atoms with Gasteiger partial charge >= 0.3 is 0 Å². The van der Waals surface area contributed by atoms with Crippen LogP contribution in [-0.2, 0) is 6.54 Å². The van der Waals surface area contributed by atoms with Crippen LogP contribution in [0, 0.1) is 18.8 Å². The zero-order valence-electron chi connectivity index (χ0n) is 12.0. The van der Waals surface area contributed by atoms with Gasteiger partial charge in [-0.05, 0) is 35.7 Å². The van der Waals surface area contributed by atoms with Crippen LogP contribution < -0.4 is 0 Å². The highest BCUT2D eigenvalue weighted by Crippen LogP contribution is 2.41. The maximum Gasteiger partial charge on any atom is 0.222 e. The predicted molar refractivity (Wildman–Crippen MR) is 84.1 cm³/mol. The Labute approximate surface area is 122 Å². The lowest BCUT2D eigenvalue weighted by molar-refractivity contribution is 0.430. The van der Waals surface area contributed by atoms with Gasteiger partial charge in [0.2, 0.25) is 5.88 Å². The molecule has 2 aromatic carbocycles. The Kier molecular flexibility index (Phi) is 3.22. The number of aromatic nitrogens is 1. The van der Waals surface area contributed by atoms with E-state index in [2.05, 4.69) is 5.18 Å². The standard InChI is InChI=1S/C17H16N2O2/c1-11-8-9-12(2)16-14(11)15(18-21)17(20)19(16)10-13-6-4-3-5-7-13/h3-9,20H,10H2,1-2H3. The van der Waals surface area contributed by atoms with Crippen molar-refractivity contribution in [2.24, 2.45) is 5.18 Å². The van der Waals surface area contributed by atoms with E-state index in [0.29, 0.717) is 6.54 Å². The van der Waals surface area contributed by atoms with Gasteiger partial charge < -0.3 is 9.67 Å². The molecule has 3 aromatic rings. The summed E-state index contributed by atoms with van der Waals surface area (Å²) in [5, 5.41) is 14.2. The van der Waals surface area contributed by atoms with Crippen molar-refractivity contribution in [3.05, 3.63) is 64.1 Å². The van der Waals surface area contributed by atoms with Crippen molar-refractivity contribution in [2.75, 3.05) is 0 Å². The summed E-state index contributed by atoms with van der Waals surface area (Å²) in [6.45, 7) is 4.39. The second-order valence-corrected chi connectivity index (χ2v) is 5.26. The van der Waals surface area contributed by atoms with Crippen molar-refractivity contribution in [1.29, 1.82) is 0 Å². The highest BCUT2D eigenvalue weighted by Gasteiger charge is 2.20. The maximum atomic E-state index is 11.1. The SMILES string of the molecule is Cc1ccc(C)c2c1c(N=O)c(O)n2Cc1ccccc1. The number of aromatic hydroxyl groups is 1. The molecule has 0 spiro atoms. The number of aryl methyl sites for hydroxylation is 2. The Morgan fingerprint density at radius 3 is 2.38 bits per heavy atom. The zero-order chi connectivity index (χ0) is 15.0. The lowest BCUT2D eigenvalue weighted by atomic mass is 10.1. The largest absolute Gasteiger partial charge is 0.493 e. The Morgan fingerprint density at radius 2 is 1.71 bits per heavy atom. The molecule has 1 aromatic heterocycles. The van der Waals surface area contributed by atoms with E-state index in [9.17, 15) is 10.0 Å². The first kappa shape index (κ1) is 13.4. The van der Waals surface area contributed by atoms with Gasteiger partial charge in [-0.1, -0.05) is 42.5 Å². The van der Waals surface area contributed by atoms with Crippen LogP contribution in [0.3, 0.4) is 0 Å². The van der Waals surface area contributed by atoms with E-state index >= 15 is 0 Å². The van der Waals surface area contributed by atoms with E-state index in [-0.39, 0.29) is 11.6 Å². The van der Waals surface area contributed by atoms with Crippen molar-refractivity contribution in [3.63, 3.8) is 0 Å². The van der Waals surface area contributed by atoms with E-state index in [1.54, 1.807) is 4.57 Å². The minimum atomic E-state index is -0.0683. The molecule has 0 amide bonds. The van der Waals surface area contributed by atoms with E-state index in [4.69, 9.17) is 0 Å². The lowest BCUT2D eigenvalue weighted by Crippen LogP contribution is -2.00. The molecule has 0 atom stereocenters. The number of hydrogen-bond donors (Lipinski definition) is 1. The van der Waals surface area contributed by atoms with Gasteiger partial charge in [0.1, 0.15) is 0 Å². The topological polar surface area (TPSA) is 54.6 Å². The van der Waals surface area contributed by atoms with Crippen molar-refractivity contribution in [1.82, 2.24) is 4.57 Å². The molecule has 0 aliphatic carbocycles. The number of nitroso groups, excluding NO2 is 1. The molecular formula is C17H16N2O2. The minimum Gasteiger partial charge on any atom is -0.493 e. The molecule has 0 saturated carbocycles. The third-order valence-corrected chi connectivity index (χ3v) is 3.84. The summed E-state index contributed by atoms with van der Waals surface area (Å²) in [5.74, 6) is -0.0683. The third kappa shape index (κ3) is 2.09. The molecule has 106 valence electrons. The first-order valence-electron chi connectivity index (χ1n) is 6.82. The molecule has 4 heteroatoms. The molecule has 0 radical (unpaired) electrons. The molecule has 0 fully saturated rings. The summed E-state index contributed by atoms with van der Waals surface area (Å²) in [6, 6.07) is 13.8. The normalized spacial score (nSPS) is 11.0. The first-order chi connectivity index (χ1) is 10.1. The quantitative estimate of drug-likeness (QED) is 0.722. The Morgan fingerprint density at radius 1 is 1.05 bits per heavy atom. The summed E-state index contributed by atoms with van der Waals surface area (Å²) >= 11 is 0. The summed E-state index contributed by atoms with van der Waals surface area (Å²) in [7, 11) is 0. The van der Waals surface area contributed by atoms with Gasteiger partial charge in [0.25, 0.3) is 0 Å². The molecule has 0 aliphatic rings. The molecular weight excluding hydrogens is 264 g/mol. The fourth-order valence-corrected chi connectivity index (χ4v) is 2.79. The zero-order valence-corrected chi connectivity index (χ0v) is 12.0. The summed E-state index contributed by atoms with van der Waals surface area (Å²) in [5.41, 5.74) is 4.00. The van der Waals surface area contributed by atoms with E-state index < -0.39 is 0 Å². The maximum absolute atomic E-state index is 11.1. The van der Waals surface area contributed by atoms with Gasteiger partial charge in [-0.25, -0.2) is 0 Å². The first-order valence-corrected chi connectivity index (χ1v) is 6.82. The van der Waals surface area contributed by atoms with Gasteiger partial charge in [-0.15, -0.1) is 4.91 Å².